The molecule has 1 aromatic carbocycles. The molecule has 2 heterocycles. The second-order valence-corrected chi connectivity index (χ2v) is 8.79. The molecule has 0 radical (unpaired) electrons. The maximum Gasteiger partial charge on any atom is 0.573 e. The first kappa shape index (κ1) is 22.8. The third-order valence-electron chi connectivity index (χ3n) is 4.44. The number of benzene rings is 1. The van der Waals surface area contributed by atoms with E-state index in [0.717, 1.165) is 12.1 Å². The molecule has 8 nitrogen and oxygen atoms in total. The Labute approximate surface area is 176 Å². The number of pyridine rings is 1. The number of hydrogen-bond acceptors (Lipinski definition) is 6. The summed E-state index contributed by atoms with van der Waals surface area (Å²) in [7, 11) is -3.64. The van der Waals surface area contributed by atoms with Crippen molar-refractivity contribution in [3.8, 4) is 5.75 Å². The molecule has 1 N–H and O–H groups in total. The number of alkyl halides is 3. The molecular formula is C19H20F3N3O5S. The minimum atomic E-state index is -4.80. The zero-order valence-corrected chi connectivity index (χ0v) is 17.1. The third kappa shape index (κ3) is 7.10. The molecule has 1 aliphatic heterocycles. The molecule has 1 aliphatic rings. The lowest BCUT2D eigenvalue weighted by molar-refractivity contribution is -0.274. The van der Waals surface area contributed by atoms with Crippen molar-refractivity contribution in [1.82, 2.24) is 9.29 Å². The lowest BCUT2D eigenvalue weighted by Gasteiger charge is -2.26. The lowest BCUT2D eigenvalue weighted by atomic mass is 10.1. The van der Waals surface area contributed by atoms with Crippen LogP contribution in [0.15, 0.2) is 52.4 Å². The van der Waals surface area contributed by atoms with Gasteiger partial charge in [-0.05, 0) is 23.8 Å². The number of piperidine rings is 1. The smallest absolute Gasteiger partial charge is 0.406 e. The molecule has 31 heavy (non-hydrogen) atoms. The highest BCUT2D eigenvalue weighted by Crippen LogP contribution is 2.24. The van der Waals surface area contributed by atoms with Gasteiger partial charge in [-0.15, -0.1) is 13.2 Å². The number of nitrogens with zero attached hydrogens (tertiary/aromatic N) is 2. The van der Waals surface area contributed by atoms with Crippen molar-refractivity contribution in [3.05, 3.63) is 64.1 Å². The second kappa shape index (κ2) is 9.52. The average Bonchev–Trinajstić information content (AvgIpc) is 2.69. The Morgan fingerprint density at radius 2 is 1.74 bits per heavy atom. The Kier molecular flexibility index (Phi) is 7.01. The van der Waals surface area contributed by atoms with Gasteiger partial charge < -0.3 is 14.6 Å². The molecule has 0 bridgehead atoms. The molecule has 0 amide bonds. The van der Waals surface area contributed by atoms with Crippen LogP contribution in [0.4, 0.5) is 13.2 Å². The molecule has 0 spiro atoms. The number of aromatic nitrogens is 1. The molecule has 1 saturated heterocycles. The Morgan fingerprint density at radius 3 is 2.35 bits per heavy atom. The van der Waals surface area contributed by atoms with Crippen molar-refractivity contribution in [2.45, 2.75) is 31.6 Å². The number of H-pyrrole nitrogens is 1. The predicted molar refractivity (Wildman–Crippen MR) is 106 cm³/mol. The van der Waals surface area contributed by atoms with Crippen LogP contribution in [0.1, 0.15) is 24.1 Å². The van der Waals surface area contributed by atoms with Gasteiger partial charge in [0, 0.05) is 32.0 Å². The van der Waals surface area contributed by atoms with Crippen LogP contribution in [0.5, 0.6) is 5.75 Å². The normalized spacial score (nSPS) is 15.5. The molecule has 0 saturated carbocycles. The minimum absolute atomic E-state index is 0.0929. The van der Waals surface area contributed by atoms with Crippen LogP contribution < -0.4 is 10.3 Å². The van der Waals surface area contributed by atoms with Crippen molar-refractivity contribution in [2.75, 3.05) is 13.1 Å². The summed E-state index contributed by atoms with van der Waals surface area (Å²) in [6.45, 7) is 0.541. The molecule has 0 unspecified atom stereocenters. The molecule has 3 rings (SSSR count). The molecule has 168 valence electrons. The first-order valence-corrected chi connectivity index (χ1v) is 10.9. The molecular weight excluding hydrogens is 439 g/mol. The molecule has 0 aliphatic carbocycles. The van der Waals surface area contributed by atoms with Crippen LogP contribution in [-0.2, 0) is 27.2 Å². The molecule has 0 atom stereocenters. The summed E-state index contributed by atoms with van der Waals surface area (Å²) >= 11 is 0. The number of rotatable bonds is 7. The molecule has 12 heteroatoms. The first-order valence-electron chi connectivity index (χ1n) is 9.29. The maximum atomic E-state index is 12.6. The number of nitrogens with one attached hydrogen (secondary N) is 1. The van der Waals surface area contributed by atoms with Crippen molar-refractivity contribution >= 4 is 15.7 Å². The quantitative estimate of drug-likeness (QED) is 0.642. The standard InChI is InChI=1S/C19H20F3N3O5S/c20-19(21,22)30-17-6-4-14(5-7-17)13-31(27,28)25-10-8-15(9-11-25)24-29-12-16-2-1-3-18(26)23-16/h1-7H,8-13H2,(H,23,26). The third-order valence-corrected chi connectivity index (χ3v) is 6.29. The van der Waals surface area contributed by atoms with Crippen LogP contribution in [0.25, 0.3) is 0 Å². The monoisotopic (exact) mass is 459 g/mol. The van der Waals surface area contributed by atoms with E-state index in [1.165, 1.54) is 22.5 Å². The Balaban J connectivity index is 1.50. The van der Waals surface area contributed by atoms with Gasteiger partial charge in [0.2, 0.25) is 15.6 Å². The summed E-state index contributed by atoms with van der Waals surface area (Å²) < 4.78 is 67.0. The van der Waals surface area contributed by atoms with Gasteiger partial charge in [-0.2, -0.15) is 0 Å². The summed E-state index contributed by atoms with van der Waals surface area (Å²) in [6.07, 6.45) is -4.02. The van der Waals surface area contributed by atoms with E-state index in [0.29, 0.717) is 29.8 Å². The van der Waals surface area contributed by atoms with Crippen molar-refractivity contribution in [1.29, 1.82) is 0 Å². The van der Waals surface area contributed by atoms with Crippen LogP contribution in [0.3, 0.4) is 0 Å². The Bertz CT molecular complexity index is 1070. The van der Waals surface area contributed by atoms with Gasteiger partial charge in [0.25, 0.3) is 0 Å². The van der Waals surface area contributed by atoms with Gasteiger partial charge in [0.05, 0.1) is 17.2 Å². The number of oxime groups is 1. The first-order chi connectivity index (χ1) is 14.6. The van der Waals surface area contributed by atoms with Crippen LogP contribution in [0, 0.1) is 0 Å². The topological polar surface area (TPSA) is 101 Å². The van der Waals surface area contributed by atoms with Crippen LogP contribution in [-0.4, -0.2) is 42.9 Å². The van der Waals surface area contributed by atoms with Gasteiger partial charge >= 0.3 is 6.36 Å². The van der Waals surface area contributed by atoms with Gasteiger partial charge in [-0.25, -0.2) is 12.7 Å². The zero-order valence-electron chi connectivity index (χ0n) is 16.3. The van der Waals surface area contributed by atoms with Gasteiger partial charge in [0.1, 0.15) is 5.75 Å². The van der Waals surface area contributed by atoms with E-state index < -0.39 is 22.1 Å². The summed E-state index contributed by atoms with van der Waals surface area (Å²) in [5, 5.41) is 4.01. The largest absolute Gasteiger partial charge is 0.573 e. The van der Waals surface area contributed by atoms with E-state index in [-0.39, 0.29) is 31.0 Å². The molecule has 1 aromatic heterocycles. The van der Waals surface area contributed by atoms with Crippen molar-refractivity contribution < 1.29 is 31.2 Å². The van der Waals surface area contributed by atoms with E-state index in [9.17, 15) is 26.4 Å². The predicted octanol–water partition coefficient (Wildman–Crippen LogP) is 2.77. The Hall–Kier alpha value is -2.86. The zero-order chi connectivity index (χ0) is 22.5. The summed E-state index contributed by atoms with van der Waals surface area (Å²) in [5.41, 5.74) is 1.39. The summed E-state index contributed by atoms with van der Waals surface area (Å²) in [5.74, 6) is -0.740. The SMILES string of the molecule is O=c1cccc(CON=C2CCN(S(=O)(=O)Cc3ccc(OC(F)(F)F)cc3)CC2)[nH]1. The van der Waals surface area contributed by atoms with E-state index in [2.05, 4.69) is 14.9 Å². The molecule has 2 aromatic rings. The highest BCUT2D eigenvalue weighted by molar-refractivity contribution is 7.88. The number of sulfonamides is 1. The Morgan fingerprint density at radius 1 is 1.06 bits per heavy atom. The fourth-order valence-corrected chi connectivity index (χ4v) is 4.51. The number of aromatic amines is 1. The summed E-state index contributed by atoms with van der Waals surface area (Å²) in [4.78, 5) is 19.1. The van der Waals surface area contributed by atoms with E-state index in [4.69, 9.17) is 4.84 Å². The maximum absolute atomic E-state index is 12.6. The highest BCUT2D eigenvalue weighted by atomic mass is 32.2. The van der Waals surface area contributed by atoms with Crippen LogP contribution in [0.2, 0.25) is 0 Å². The van der Waals surface area contributed by atoms with Crippen molar-refractivity contribution in [2.24, 2.45) is 5.16 Å². The number of halogens is 3. The van der Waals surface area contributed by atoms with Crippen molar-refractivity contribution in [3.63, 3.8) is 0 Å². The fraction of sp³-hybridized carbons (Fsp3) is 0.368. The lowest BCUT2D eigenvalue weighted by Crippen LogP contribution is -2.39. The number of ether oxygens (including phenoxy) is 1. The second-order valence-electron chi connectivity index (χ2n) is 6.82. The van der Waals surface area contributed by atoms with E-state index in [1.807, 2.05) is 0 Å². The minimum Gasteiger partial charge on any atom is -0.406 e. The van der Waals surface area contributed by atoms with Crippen LogP contribution >= 0.6 is 0 Å². The average molecular weight is 459 g/mol. The van der Waals surface area contributed by atoms with Gasteiger partial charge in [0.15, 0.2) is 6.61 Å². The highest BCUT2D eigenvalue weighted by Gasteiger charge is 2.31. The molecule has 1 fully saturated rings. The number of hydrogen-bond donors (Lipinski definition) is 1. The summed E-state index contributed by atoms with van der Waals surface area (Å²) in [6, 6.07) is 9.42. The van der Waals surface area contributed by atoms with Gasteiger partial charge in [-0.1, -0.05) is 23.4 Å². The van der Waals surface area contributed by atoms with Gasteiger partial charge in [-0.3, -0.25) is 4.79 Å². The van der Waals surface area contributed by atoms with E-state index >= 15 is 0 Å². The fourth-order valence-electron chi connectivity index (χ4n) is 2.97. The van der Waals surface area contributed by atoms with E-state index in [1.54, 1.807) is 12.1 Å².